The second-order valence-corrected chi connectivity index (χ2v) is 10.1. The standard InChI is InChI=1S/C24H33F3N2O5/c1-22(2,3)34-21(31)28-17-10-13-29(15-17)20(30)19(23(32)11-5-4-6-12-23)16-8-7-9-18(14-16)33-24(25,26)27/h7-9,14,17,19,32H,4-6,10-13,15H2,1-3H3,(H,28,31)/t17-,19-/m1/s1. The van der Waals surface area contributed by atoms with Crippen molar-refractivity contribution in [1.82, 2.24) is 10.2 Å². The van der Waals surface area contributed by atoms with Crippen molar-refractivity contribution < 1.29 is 37.3 Å². The maximum absolute atomic E-state index is 13.7. The highest BCUT2D eigenvalue weighted by molar-refractivity contribution is 5.86. The summed E-state index contributed by atoms with van der Waals surface area (Å²) >= 11 is 0. The van der Waals surface area contributed by atoms with Gasteiger partial charge in [0.25, 0.3) is 0 Å². The van der Waals surface area contributed by atoms with Crippen LogP contribution in [0.3, 0.4) is 0 Å². The number of nitrogens with zero attached hydrogens (tertiary/aromatic N) is 1. The number of hydrogen-bond acceptors (Lipinski definition) is 5. The molecular formula is C24H33F3N2O5. The fourth-order valence-electron chi connectivity index (χ4n) is 4.76. The topological polar surface area (TPSA) is 88.1 Å². The SMILES string of the molecule is CC(C)(C)OC(=O)N[C@@H]1CCN(C(=O)[C@@H](c2cccc(OC(F)(F)F)c2)C2(O)CCCCC2)C1. The Balaban J connectivity index is 1.80. The minimum absolute atomic E-state index is 0.226. The Hall–Kier alpha value is -2.49. The second kappa shape index (κ2) is 10.0. The van der Waals surface area contributed by atoms with Crippen molar-refractivity contribution >= 4 is 12.0 Å². The molecule has 10 heteroatoms. The third-order valence-electron chi connectivity index (χ3n) is 6.15. The number of carbonyl (C=O) groups is 2. The number of amides is 2. The van der Waals surface area contributed by atoms with E-state index in [4.69, 9.17) is 4.74 Å². The average Bonchev–Trinajstić information content (AvgIpc) is 3.14. The van der Waals surface area contributed by atoms with Gasteiger partial charge >= 0.3 is 12.5 Å². The fraction of sp³-hybridized carbons (Fsp3) is 0.667. The van der Waals surface area contributed by atoms with E-state index in [2.05, 4.69) is 10.1 Å². The summed E-state index contributed by atoms with van der Waals surface area (Å²) in [5, 5.41) is 14.2. The number of aliphatic hydroxyl groups is 1. The lowest BCUT2D eigenvalue weighted by Crippen LogP contribution is -2.48. The molecule has 1 saturated carbocycles. The Morgan fingerprint density at radius 2 is 1.85 bits per heavy atom. The first-order valence-electron chi connectivity index (χ1n) is 11.6. The first-order valence-corrected chi connectivity index (χ1v) is 11.6. The highest BCUT2D eigenvalue weighted by atomic mass is 19.4. The normalized spacial score (nSPS) is 21.6. The van der Waals surface area contributed by atoms with Gasteiger partial charge in [0.1, 0.15) is 11.4 Å². The molecule has 1 aromatic rings. The Morgan fingerprint density at radius 1 is 1.18 bits per heavy atom. The maximum atomic E-state index is 13.7. The predicted molar refractivity (Wildman–Crippen MR) is 118 cm³/mol. The summed E-state index contributed by atoms with van der Waals surface area (Å²) < 4.78 is 47.6. The summed E-state index contributed by atoms with van der Waals surface area (Å²) in [6, 6.07) is 4.96. The van der Waals surface area contributed by atoms with Gasteiger partial charge in [-0.3, -0.25) is 4.79 Å². The Bertz CT molecular complexity index is 878. The molecule has 0 radical (unpaired) electrons. The van der Waals surface area contributed by atoms with Crippen molar-refractivity contribution in [1.29, 1.82) is 0 Å². The molecule has 7 nitrogen and oxygen atoms in total. The second-order valence-electron chi connectivity index (χ2n) is 10.1. The third-order valence-corrected chi connectivity index (χ3v) is 6.15. The van der Waals surface area contributed by atoms with E-state index in [9.17, 15) is 27.9 Å². The molecule has 1 aromatic carbocycles. The van der Waals surface area contributed by atoms with Crippen molar-refractivity contribution in [2.45, 2.75) is 88.8 Å². The molecule has 0 bridgehead atoms. The van der Waals surface area contributed by atoms with Crippen molar-refractivity contribution in [3.05, 3.63) is 29.8 Å². The van der Waals surface area contributed by atoms with Crippen LogP contribution in [0.25, 0.3) is 0 Å². The number of halogens is 3. The molecule has 34 heavy (non-hydrogen) atoms. The van der Waals surface area contributed by atoms with Gasteiger partial charge in [-0.15, -0.1) is 13.2 Å². The van der Waals surface area contributed by atoms with Crippen LogP contribution in [0.15, 0.2) is 24.3 Å². The lowest BCUT2D eigenvalue weighted by atomic mass is 9.72. The minimum atomic E-state index is -4.87. The molecule has 190 valence electrons. The lowest BCUT2D eigenvalue weighted by Gasteiger charge is -2.40. The van der Waals surface area contributed by atoms with Crippen LogP contribution < -0.4 is 10.1 Å². The summed E-state index contributed by atoms with van der Waals surface area (Å²) in [5.74, 6) is -1.85. The zero-order valence-electron chi connectivity index (χ0n) is 19.8. The number of hydrogen-bond donors (Lipinski definition) is 2. The van der Waals surface area contributed by atoms with Gasteiger partial charge in [0.2, 0.25) is 5.91 Å². The summed E-state index contributed by atoms with van der Waals surface area (Å²) in [6.45, 7) is 5.84. The number of ether oxygens (including phenoxy) is 2. The van der Waals surface area contributed by atoms with E-state index >= 15 is 0 Å². The highest BCUT2D eigenvalue weighted by Gasteiger charge is 2.46. The number of alkyl halides is 3. The van der Waals surface area contributed by atoms with E-state index in [1.54, 1.807) is 31.7 Å². The van der Waals surface area contributed by atoms with Crippen LogP contribution in [-0.4, -0.2) is 58.7 Å². The lowest BCUT2D eigenvalue weighted by molar-refractivity contribution is -0.274. The van der Waals surface area contributed by atoms with Crippen molar-refractivity contribution in [3.8, 4) is 5.75 Å². The van der Waals surface area contributed by atoms with Gasteiger partial charge in [-0.25, -0.2) is 4.79 Å². The molecule has 2 atom stereocenters. The summed E-state index contributed by atoms with van der Waals surface area (Å²) in [4.78, 5) is 27.3. The fourth-order valence-corrected chi connectivity index (χ4v) is 4.76. The van der Waals surface area contributed by atoms with E-state index in [1.807, 2.05) is 0 Å². The molecule has 2 N–H and O–H groups in total. The van der Waals surface area contributed by atoms with Gasteiger partial charge in [-0.2, -0.15) is 0 Å². The molecule has 2 fully saturated rings. The predicted octanol–water partition coefficient (Wildman–Crippen LogP) is 4.49. The zero-order valence-corrected chi connectivity index (χ0v) is 19.8. The maximum Gasteiger partial charge on any atom is 0.573 e. The van der Waals surface area contributed by atoms with Crippen LogP contribution in [0.5, 0.6) is 5.75 Å². The van der Waals surface area contributed by atoms with Gasteiger partial charge in [0.15, 0.2) is 0 Å². The third kappa shape index (κ3) is 7.01. The van der Waals surface area contributed by atoms with Crippen molar-refractivity contribution in [3.63, 3.8) is 0 Å². The van der Waals surface area contributed by atoms with E-state index in [0.717, 1.165) is 19.3 Å². The van der Waals surface area contributed by atoms with E-state index in [0.29, 0.717) is 25.8 Å². The Labute approximate surface area is 197 Å². The number of carbonyl (C=O) groups excluding carboxylic acids is 2. The Kier molecular flexibility index (Phi) is 7.69. The number of nitrogens with one attached hydrogen (secondary N) is 1. The summed E-state index contributed by atoms with van der Waals surface area (Å²) in [6.07, 6.45) is -1.81. The van der Waals surface area contributed by atoms with E-state index in [1.165, 1.54) is 18.2 Å². The van der Waals surface area contributed by atoms with Crippen molar-refractivity contribution in [2.24, 2.45) is 0 Å². The molecule has 0 spiro atoms. The summed E-state index contributed by atoms with van der Waals surface area (Å²) in [5.41, 5.74) is -1.75. The molecule has 1 heterocycles. The van der Waals surface area contributed by atoms with E-state index in [-0.39, 0.29) is 24.1 Å². The average molecular weight is 487 g/mol. The van der Waals surface area contributed by atoms with Gasteiger partial charge in [-0.1, -0.05) is 31.4 Å². The summed E-state index contributed by atoms with van der Waals surface area (Å²) in [7, 11) is 0. The number of rotatable bonds is 5. The van der Waals surface area contributed by atoms with Gasteiger partial charge in [-0.05, 0) is 57.7 Å². The van der Waals surface area contributed by atoms with Crippen LogP contribution >= 0.6 is 0 Å². The van der Waals surface area contributed by atoms with Gasteiger partial charge in [0, 0.05) is 13.1 Å². The molecule has 3 rings (SSSR count). The molecule has 2 amide bonds. The Morgan fingerprint density at radius 3 is 2.47 bits per heavy atom. The number of likely N-dealkylation sites (tertiary alicyclic amines) is 1. The van der Waals surface area contributed by atoms with Crippen molar-refractivity contribution in [2.75, 3.05) is 13.1 Å². The largest absolute Gasteiger partial charge is 0.573 e. The zero-order chi connectivity index (χ0) is 25.1. The number of alkyl carbamates (subject to hydrolysis) is 1. The van der Waals surface area contributed by atoms with Crippen LogP contribution in [-0.2, 0) is 9.53 Å². The van der Waals surface area contributed by atoms with E-state index < -0.39 is 35.3 Å². The highest BCUT2D eigenvalue weighted by Crippen LogP contribution is 2.42. The molecular weight excluding hydrogens is 453 g/mol. The van der Waals surface area contributed by atoms with Crippen LogP contribution in [0, 0.1) is 0 Å². The molecule has 1 aliphatic carbocycles. The first-order chi connectivity index (χ1) is 15.8. The molecule has 1 saturated heterocycles. The quantitative estimate of drug-likeness (QED) is 0.640. The molecule has 0 unspecified atom stereocenters. The van der Waals surface area contributed by atoms with Crippen LogP contribution in [0.4, 0.5) is 18.0 Å². The molecule has 2 aliphatic rings. The van der Waals surface area contributed by atoms with Crippen LogP contribution in [0.2, 0.25) is 0 Å². The molecule has 0 aromatic heterocycles. The van der Waals surface area contributed by atoms with Gasteiger partial charge < -0.3 is 24.8 Å². The van der Waals surface area contributed by atoms with Gasteiger partial charge in [0.05, 0.1) is 17.6 Å². The first kappa shape index (κ1) is 26.1. The van der Waals surface area contributed by atoms with Crippen LogP contribution in [0.1, 0.15) is 70.8 Å². The monoisotopic (exact) mass is 486 g/mol. The minimum Gasteiger partial charge on any atom is -0.444 e. The molecule has 1 aliphatic heterocycles. The number of benzene rings is 1. The smallest absolute Gasteiger partial charge is 0.444 e.